The van der Waals surface area contributed by atoms with Gasteiger partial charge in [-0.25, -0.2) is 0 Å². The summed E-state index contributed by atoms with van der Waals surface area (Å²) in [5.41, 5.74) is 0. The summed E-state index contributed by atoms with van der Waals surface area (Å²) in [6.07, 6.45) is 6.39. The van der Waals surface area contributed by atoms with E-state index in [4.69, 9.17) is 4.42 Å². The van der Waals surface area contributed by atoms with Crippen LogP contribution < -0.4 is 0 Å². The smallest absolute Gasteiger partial charge is 0.149 e. The molecule has 16 heavy (non-hydrogen) atoms. The first kappa shape index (κ1) is 10.1. The van der Waals surface area contributed by atoms with E-state index in [-0.39, 0.29) is 0 Å². The Bertz CT molecular complexity index is 363. The summed E-state index contributed by atoms with van der Waals surface area (Å²) in [4.78, 5) is 14.1. The largest absolute Gasteiger partial charge is 0.468 e. The molecule has 3 rings (SSSR count). The van der Waals surface area contributed by atoms with E-state index in [9.17, 15) is 4.79 Å². The van der Waals surface area contributed by atoms with Crippen LogP contribution in [0.15, 0.2) is 22.8 Å². The van der Waals surface area contributed by atoms with Crippen molar-refractivity contribution < 1.29 is 9.21 Å². The van der Waals surface area contributed by atoms with E-state index in [1.807, 2.05) is 12.1 Å². The second-order valence-corrected chi connectivity index (χ2v) is 4.96. The van der Waals surface area contributed by atoms with Crippen LogP contribution in [0.25, 0.3) is 0 Å². The monoisotopic (exact) mass is 219 g/mol. The van der Waals surface area contributed by atoms with Gasteiger partial charge in [0.2, 0.25) is 0 Å². The van der Waals surface area contributed by atoms with E-state index in [1.54, 1.807) is 6.26 Å². The summed E-state index contributed by atoms with van der Waals surface area (Å²) in [6, 6.07) is 4.51. The van der Waals surface area contributed by atoms with E-state index < -0.39 is 0 Å². The molecule has 3 nitrogen and oxygen atoms in total. The molecule has 2 saturated carbocycles. The maximum absolute atomic E-state index is 11.8. The van der Waals surface area contributed by atoms with Crippen molar-refractivity contribution >= 4 is 5.78 Å². The van der Waals surface area contributed by atoms with E-state index >= 15 is 0 Å². The summed E-state index contributed by atoms with van der Waals surface area (Å²) in [5, 5.41) is 0. The van der Waals surface area contributed by atoms with Crippen LogP contribution in [-0.2, 0) is 11.3 Å². The van der Waals surface area contributed by atoms with E-state index in [2.05, 4.69) is 4.90 Å². The first-order valence-corrected chi connectivity index (χ1v) is 6.12. The van der Waals surface area contributed by atoms with E-state index in [1.165, 1.54) is 12.8 Å². The lowest BCUT2D eigenvalue weighted by molar-refractivity contribution is -0.121. The van der Waals surface area contributed by atoms with Crippen LogP contribution in [0.3, 0.4) is 0 Å². The normalized spacial score (nSPS) is 20.3. The first-order chi connectivity index (χ1) is 7.83. The van der Waals surface area contributed by atoms with Crippen molar-refractivity contribution in [1.82, 2.24) is 4.90 Å². The molecule has 3 heteroatoms. The Morgan fingerprint density at radius 1 is 1.38 bits per heavy atom. The van der Waals surface area contributed by atoms with Crippen LogP contribution in [0.1, 0.15) is 31.4 Å². The summed E-state index contributed by atoms with van der Waals surface area (Å²) in [6.45, 7) is 1.41. The van der Waals surface area contributed by atoms with Crippen molar-refractivity contribution in [2.24, 2.45) is 5.92 Å². The van der Waals surface area contributed by atoms with Gasteiger partial charge in [0.15, 0.2) is 0 Å². The molecule has 0 bridgehead atoms. The van der Waals surface area contributed by atoms with Crippen LogP contribution in [0.2, 0.25) is 0 Å². The molecular weight excluding hydrogens is 202 g/mol. The Hall–Kier alpha value is -1.09. The Balaban J connectivity index is 1.59. The Labute approximate surface area is 95.4 Å². The van der Waals surface area contributed by atoms with E-state index in [0.29, 0.717) is 24.3 Å². The standard InChI is InChI=1S/C13H17NO2/c15-13(10-3-4-10)9-14(11-5-6-11)8-12-2-1-7-16-12/h1-2,7,10-11H,3-6,8-9H2. The number of furan rings is 1. The highest BCUT2D eigenvalue weighted by atomic mass is 16.3. The van der Waals surface area contributed by atoms with Crippen molar-refractivity contribution in [2.75, 3.05) is 6.54 Å². The van der Waals surface area contributed by atoms with Crippen LogP contribution >= 0.6 is 0 Å². The molecule has 1 heterocycles. The third kappa shape index (κ3) is 2.35. The summed E-state index contributed by atoms with van der Waals surface area (Å²) >= 11 is 0. The lowest BCUT2D eigenvalue weighted by Crippen LogP contribution is -2.32. The minimum Gasteiger partial charge on any atom is -0.468 e. The van der Waals surface area contributed by atoms with Crippen LogP contribution in [0.4, 0.5) is 0 Å². The summed E-state index contributed by atoms with van der Waals surface area (Å²) < 4.78 is 5.35. The average Bonchev–Trinajstić information content (AvgIpc) is 3.17. The lowest BCUT2D eigenvalue weighted by Gasteiger charge is -2.19. The second kappa shape index (κ2) is 4.06. The van der Waals surface area contributed by atoms with Crippen molar-refractivity contribution in [3.63, 3.8) is 0 Å². The summed E-state index contributed by atoms with van der Waals surface area (Å²) in [5.74, 6) is 1.77. The number of carbonyl (C=O) groups excluding carboxylic acids is 1. The van der Waals surface area contributed by atoms with Crippen LogP contribution in [-0.4, -0.2) is 23.3 Å². The maximum Gasteiger partial charge on any atom is 0.149 e. The molecule has 0 N–H and O–H groups in total. The number of hydrogen-bond donors (Lipinski definition) is 0. The zero-order chi connectivity index (χ0) is 11.0. The topological polar surface area (TPSA) is 33.5 Å². The predicted molar refractivity (Wildman–Crippen MR) is 59.9 cm³/mol. The molecule has 0 aliphatic heterocycles. The molecule has 0 unspecified atom stereocenters. The van der Waals surface area contributed by atoms with Gasteiger partial charge in [-0.15, -0.1) is 0 Å². The van der Waals surface area contributed by atoms with Gasteiger partial charge < -0.3 is 4.42 Å². The quantitative estimate of drug-likeness (QED) is 0.735. The van der Waals surface area contributed by atoms with Crippen LogP contribution in [0.5, 0.6) is 0 Å². The molecular formula is C13H17NO2. The molecule has 0 spiro atoms. The number of nitrogens with zero attached hydrogens (tertiary/aromatic N) is 1. The van der Waals surface area contributed by atoms with Gasteiger partial charge in [-0.2, -0.15) is 0 Å². The minimum absolute atomic E-state index is 0.373. The highest BCUT2D eigenvalue weighted by Gasteiger charge is 2.35. The predicted octanol–water partition coefficient (Wildman–Crippen LogP) is 2.22. The van der Waals surface area contributed by atoms with Crippen molar-refractivity contribution in [1.29, 1.82) is 0 Å². The van der Waals surface area contributed by atoms with Gasteiger partial charge in [-0.05, 0) is 37.8 Å². The third-order valence-electron chi connectivity index (χ3n) is 3.39. The minimum atomic E-state index is 0.373. The Morgan fingerprint density at radius 3 is 2.75 bits per heavy atom. The van der Waals surface area contributed by atoms with E-state index in [0.717, 1.165) is 25.1 Å². The zero-order valence-electron chi connectivity index (χ0n) is 9.39. The number of rotatable bonds is 6. The fourth-order valence-electron chi connectivity index (χ4n) is 2.09. The van der Waals surface area contributed by atoms with Gasteiger partial charge in [-0.1, -0.05) is 0 Å². The zero-order valence-corrected chi connectivity index (χ0v) is 9.39. The molecule has 1 aromatic heterocycles. The SMILES string of the molecule is O=C(CN(Cc1ccco1)C1CC1)C1CC1. The second-order valence-electron chi connectivity index (χ2n) is 4.96. The van der Waals surface area contributed by atoms with Gasteiger partial charge in [0.1, 0.15) is 11.5 Å². The molecule has 0 radical (unpaired) electrons. The maximum atomic E-state index is 11.8. The summed E-state index contributed by atoms with van der Waals surface area (Å²) in [7, 11) is 0. The lowest BCUT2D eigenvalue weighted by atomic mass is 10.2. The molecule has 0 amide bonds. The molecule has 0 aromatic carbocycles. The van der Waals surface area contributed by atoms with Gasteiger partial charge in [-0.3, -0.25) is 9.69 Å². The molecule has 2 aliphatic rings. The van der Waals surface area contributed by atoms with Crippen molar-refractivity contribution in [3.8, 4) is 0 Å². The molecule has 2 fully saturated rings. The average molecular weight is 219 g/mol. The highest BCUT2D eigenvalue weighted by molar-refractivity contribution is 5.85. The molecule has 0 atom stereocenters. The molecule has 86 valence electrons. The Kier molecular flexibility index (Phi) is 2.56. The molecule has 2 aliphatic carbocycles. The van der Waals surface area contributed by atoms with Gasteiger partial charge in [0, 0.05) is 12.0 Å². The van der Waals surface area contributed by atoms with Crippen LogP contribution in [0, 0.1) is 5.92 Å². The molecule has 1 aromatic rings. The fourth-order valence-corrected chi connectivity index (χ4v) is 2.09. The highest BCUT2D eigenvalue weighted by Crippen LogP contribution is 2.33. The first-order valence-electron chi connectivity index (χ1n) is 6.12. The third-order valence-corrected chi connectivity index (χ3v) is 3.39. The number of ketones is 1. The van der Waals surface area contributed by atoms with Crippen molar-refractivity contribution in [3.05, 3.63) is 24.2 Å². The fraction of sp³-hybridized carbons (Fsp3) is 0.615. The Morgan fingerprint density at radius 2 is 2.19 bits per heavy atom. The van der Waals surface area contributed by atoms with Crippen molar-refractivity contribution in [2.45, 2.75) is 38.3 Å². The number of carbonyl (C=O) groups is 1. The van der Waals surface area contributed by atoms with Gasteiger partial charge >= 0.3 is 0 Å². The number of Topliss-reactive ketones (excluding diaryl/α,β-unsaturated/α-hetero) is 1. The number of hydrogen-bond acceptors (Lipinski definition) is 3. The van der Waals surface area contributed by atoms with Gasteiger partial charge in [0.05, 0.1) is 19.4 Å². The van der Waals surface area contributed by atoms with Gasteiger partial charge in [0.25, 0.3) is 0 Å². The molecule has 0 saturated heterocycles.